The van der Waals surface area contributed by atoms with Crippen molar-refractivity contribution in [2.24, 2.45) is 0 Å². The molecular formula is C13H8ClF4NO. The second-order valence-corrected chi connectivity index (χ2v) is 4.39. The van der Waals surface area contributed by atoms with Gasteiger partial charge in [0, 0.05) is 6.07 Å². The largest absolute Gasteiger partial charge is 0.436 e. The molecule has 7 heteroatoms. The Morgan fingerprint density at radius 1 is 1.20 bits per heavy atom. The van der Waals surface area contributed by atoms with Crippen LogP contribution in [0.3, 0.4) is 0 Å². The molecular weight excluding hydrogens is 298 g/mol. The van der Waals surface area contributed by atoms with Crippen molar-refractivity contribution in [3.8, 4) is 11.6 Å². The maximum Gasteiger partial charge on any atom is 0.416 e. The fourth-order valence-corrected chi connectivity index (χ4v) is 1.70. The molecule has 2 nitrogen and oxygen atoms in total. The minimum Gasteiger partial charge on any atom is -0.436 e. The molecule has 0 atom stereocenters. The molecule has 20 heavy (non-hydrogen) atoms. The highest BCUT2D eigenvalue weighted by Gasteiger charge is 2.32. The van der Waals surface area contributed by atoms with Gasteiger partial charge in [-0.25, -0.2) is 9.37 Å². The Morgan fingerprint density at radius 3 is 2.55 bits per heavy atom. The van der Waals surface area contributed by atoms with Crippen molar-refractivity contribution in [3.63, 3.8) is 0 Å². The maximum absolute atomic E-state index is 13.7. The summed E-state index contributed by atoms with van der Waals surface area (Å²) in [5.41, 5.74) is -0.707. The van der Waals surface area contributed by atoms with Gasteiger partial charge in [0.2, 0.25) is 5.88 Å². The molecule has 0 saturated heterocycles. The lowest BCUT2D eigenvalue weighted by Gasteiger charge is -2.11. The summed E-state index contributed by atoms with van der Waals surface area (Å²) < 4.78 is 56.6. The van der Waals surface area contributed by atoms with Crippen LogP contribution in [0.2, 0.25) is 5.15 Å². The highest BCUT2D eigenvalue weighted by Crippen LogP contribution is 2.34. The van der Waals surface area contributed by atoms with E-state index in [0.717, 1.165) is 0 Å². The van der Waals surface area contributed by atoms with Gasteiger partial charge in [-0.05, 0) is 24.6 Å². The number of alkyl halides is 3. The quantitative estimate of drug-likeness (QED) is 0.576. The van der Waals surface area contributed by atoms with Crippen LogP contribution < -0.4 is 4.74 Å². The van der Waals surface area contributed by atoms with Gasteiger partial charge in [0.15, 0.2) is 11.6 Å². The number of halogens is 5. The van der Waals surface area contributed by atoms with E-state index in [-0.39, 0.29) is 10.9 Å². The van der Waals surface area contributed by atoms with Crippen LogP contribution in [0.4, 0.5) is 17.6 Å². The first kappa shape index (κ1) is 14.6. The minimum absolute atomic E-state index is 0.215. The van der Waals surface area contributed by atoms with Gasteiger partial charge in [0.25, 0.3) is 0 Å². The van der Waals surface area contributed by atoms with Crippen molar-refractivity contribution in [1.29, 1.82) is 0 Å². The number of pyridine rings is 1. The predicted octanol–water partition coefficient (Wildman–Crippen LogP) is 4.99. The Bertz CT molecular complexity index is 643. The van der Waals surface area contributed by atoms with Gasteiger partial charge in [0.05, 0.1) is 5.56 Å². The van der Waals surface area contributed by atoms with Gasteiger partial charge in [-0.1, -0.05) is 23.7 Å². The molecule has 0 bridgehead atoms. The summed E-state index contributed by atoms with van der Waals surface area (Å²) in [6, 6.07) is 5.64. The molecule has 0 amide bonds. The third-order valence-corrected chi connectivity index (χ3v) is 2.66. The first-order chi connectivity index (χ1) is 9.27. The number of aryl methyl sites for hydroxylation is 1. The number of hydrogen-bond acceptors (Lipinski definition) is 2. The molecule has 1 aromatic heterocycles. The molecule has 1 aromatic carbocycles. The molecule has 0 unspecified atom stereocenters. The van der Waals surface area contributed by atoms with Crippen molar-refractivity contribution >= 4 is 11.6 Å². The Hall–Kier alpha value is -1.82. The number of nitrogens with zero attached hydrogens (tertiary/aromatic N) is 1. The van der Waals surface area contributed by atoms with Crippen LogP contribution in [0.15, 0.2) is 30.3 Å². The van der Waals surface area contributed by atoms with Crippen LogP contribution in [0, 0.1) is 12.7 Å². The van der Waals surface area contributed by atoms with Crippen molar-refractivity contribution in [2.75, 3.05) is 0 Å². The van der Waals surface area contributed by atoms with Crippen LogP contribution in [-0.4, -0.2) is 4.98 Å². The smallest absolute Gasteiger partial charge is 0.416 e. The van der Waals surface area contributed by atoms with Crippen LogP contribution in [0.25, 0.3) is 0 Å². The van der Waals surface area contributed by atoms with E-state index in [4.69, 9.17) is 16.3 Å². The first-order valence-electron chi connectivity index (χ1n) is 5.45. The van der Waals surface area contributed by atoms with Crippen molar-refractivity contribution in [3.05, 3.63) is 52.4 Å². The Kier molecular flexibility index (Phi) is 3.85. The third-order valence-electron chi connectivity index (χ3n) is 2.47. The monoisotopic (exact) mass is 305 g/mol. The Balaban J connectivity index is 2.39. The molecule has 1 heterocycles. The summed E-state index contributed by atoms with van der Waals surface area (Å²) in [4.78, 5) is 3.59. The Morgan fingerprint density at radius 2 is 1.90 bits per heavy atom. The van der Waals surface area contributed by atoms with Gasteiger partial charge < -0.3 is 4.74 Å². The van der Waals surface area contributed by atoms with E-state index in [1.165, 1.54) is 25.1 Å². The molecule has 0 fully saturated rings. The van der Waals surface area contributed by atoms with Crippen LogP contribution in [0.1, 0.15) is 11.1 Å². The maximum atomic E-state index is 13.7. The van der Waals surface area contributed by atoms with E-state index in [1.54, 1.807) is 0 Å². The van der Waals surface area contributed by atoms with Gasteiger partial charge in [-0.2, -0.15) is 13.2 Å². The minimum atomic E-state index is -4.59. The molecule has 0 aliphatic carbocycles. The van der Waals surface area contributed by atoms with E-state index < -0.39 is 23.4 Å². The van der Waals surface area contributed by atoms with Crippen LogP contribution in [-0.2, 0) is 6.18 Å². The van der Waals surface area contributed by atoms with Crippen molar-refractivity contribution < 1.29 is 22.3 Å². The second-order valence-electron chi connectivity index (χ2n) is 4.00. The van der Waals surface area contributed by atoms with Crippen molar-refractivity contribution in [2.45, 2.75) is 13.1 Å². The fourth-order valence-electron chi connectivity index (χ4n) is 1.50. The predicted molar refractivity (Wildman–Crippen MR) is 65.5 cm³/mol. The summed E-state index contributed by atoms with van der Waals surface area (Å²) >= 11 is 5.51. The zero-order valence-electron chi connectivity index (χ0n) is 10.1. The standard InChI is InChI=1S/C13H8ClF4NO/c1-7-3-2-4-9(12(7)15)20-11-6-8(13(16,17)18)5-10(14)19-11/h2-6H,1H3. The van der Waals surface area contributed by atoms with Gasteiger partial charge >= 0.3 is 6.18 Å². The zero-order chi connectivity index (χ0) is 14.9. The topological polar surface area (TPSA) is 22.1 Å². The summed E-state index contributed by atoms with van der Waals surface area (Å²) in [6.45, 7) is 1.51. The fraction of sp³-hybridized carbons (Fsp3) is 0.154. The highest BCUT2D eigenvalue weighted by molar-refractivity contribution is 6.29. The van der Waals surface area contributed by atoms with E-state index >= 15 is 0 Å². The van der Waals surface area contributed by atoms with Crippen LogP contribution >= 0.6 is 11.6 Å². The number of benzene rings is 1. The summed E-state index contributed by atoms with van der Waals surface area (Å²) in [7, 11) is 0. The summed E-state index contributed by atoms with van der Waals surface area (Å²) in [5.74, 6) is -1.30. The third kappa shape index (κ3) is 3.19. The van der Waals surface area contributed by atoms with Crippen molar-refractivity contribution in [1.82, 2.24) is 4.98 Å². The molecule has 0 aliphatic heterocycles. The number of aromatic nitrogens is 1. The lowest BCUT2D eigenvalue weighted by molar-refractivity contribution is -0.137. The van der Waals surface area contributed by atoms with Gasteiger partial charge in [-0.15, -0.1) is 0 Å². The van der Waals surface area contributed by atoms with E-state index in [2.05, 4.69) is 4.98 Å². The normalized spacial score (nSPS) is 11.5. The zero-order valence-corrected chi connectivity index (χ0v) is 10.9. The van der Waals surface area contributed by atoms with Crippen LogP contribution in [0.5, 0.6) is 11.6 Å². The molecule has 0 N–H and O–H groups in total. The molecule has 0 spiro atoms. The molecule has 2 rings (SSSR count). The average Bonchev–Trinajstić information content (AvgIpc) is 2.33. The molecule has 106 valence electrons. The van der Waals surface area contributed by atoms with Gasteiger partial charge in [-0.3, -0.25) is 0 Å². The molecule has 2 aromatic rings. The lowest BCUT2D eigenvalue weighted by Crippen LogP contribution is -2.06. The van der Waals surface area contributed by atoms with E-state index in [1.807, 2.05) is 0 Å². The molecule has 0 radical (unpaired) electrons. The number of rotatable bonds is 2. The lowest BCUT2D eigenvalue weighted by atomic mass is 10.2. The molecule has 0 saturated carbocycles. The highest BCUT2D eigenvalue weighted by atomic mass is 35.5. The number of ether oxygens (including phenoxy) is 1. The molecule has 0 aliphatic rings. The van der Waals surface area contributed by atoms with E-state index in [0.29, 0.717) is 17.7 Å². The average molecular weight is 306 g/mol. The summed E-state index contributed by atoms with van der Waals surface area (Å²) in [5, 5.41) is -0.386. The van der Waals surface area contributed by atoms with E-state index in [9.17, 15) is 17.6 Å². The number of hydrogen-bond donors (Lipinski definition) is 0. The summed E-state index contributed by atoms with van der Waals surface area (Å²) in [6.07, 6.45) is -4.59. The Labute approximate surface area is 117 Å². The van der Waals surface area contributed by atoms with Gasteiger partial charge in [0.1, 0.15) is 5.15 Å². The first-order valence-corrected chi connectivity index (χ1v) is 5.83. The second kappa shape index (κ2) is 5.28. The SMILES string of the molecule is Cc1cccc(Oc2cc(C(F)(F)F)cc(Cl)n2)c1F.